The third-order valence-corrected chi connectivity index (χ3v) is 4.44. The molecule has 1 aliphatic heterocycles. The Hall–Kier alpha value is -0.710. The lowest BCUT2D eigenvalue weighted by atomic mass is 9.97. The standard InChI is InChI=1S/C15H19ClF2N2/c16-11-8-12(17)15(13(18)9-11)14(7-10-1-2-10)20-5-3-19-4-6-20/h8-10,14,19H,1-7H2/t14-/m0/s1. The number of piperazine rings is 1. The molecule has 0 amide bonds. The quantitative estimate of drug-likeness (QED) is 0.917. The van der Waals surface area contributed by atoms with E-state index >= 15 is 0 Å². The molecule has 1 saturated heterocycles. The van der Waals surface area contributed by atoms with Crippen LogP contribution in [0.25, 0.3) is 0 Å². The molecule has 20 heavy (non-hydrogen) atoms. The molecule has 3 rings (SSSR count). The smallest absolute Gasteiger partial charge is 0.132 e. The third kappa shape index (κ3) is 3.13. The first-order chi connectivity index (χ1) is 9.65. The molecular weight excluding hydrogens is 282 g/mol. The van der Waals surface area contributed by atoms with Crippen molar-refractivity contribution in [2.24, 2.45) is 5.92 Å². The van der Waals surface area contributed by atoms with Crippen LogP contribution in [0.2, 0.25) is 5.02 Å². The van der Waals surface area contributed by atoms with Crippen LogP contribution >= 0.6 is 11.6 Å². The van der Waals surface area contributed by atoms with Crippen LogP contribution in [0.15, 0.2) is 12.1 Å². The minimum Gasteiger partial charge on any atom is -0.314 e. The van der Waals surface area contributed by atoms with Crippen molar-refractivity contribution >= 4 is 11.6 Å². The summed E-state index contributed by atoms with van der Waals surface area (Å²) in [6.45, 7) is 3.41. The van der Waals surface area contributed by atoms with Gasteiger partial charge in [-0.3, -0.25) is 4.90 Å². The van der Waals surface area contributed by atoms with Crippen LogP contribution in [-0.2, 0) is 0 Å². The molecule has 5 heteroatoms. The first kappa shape index (κ1) is 14.2. The minimum absolute atomic E-state index is 0.120. The van der Waals surface area contributed by atoms with Crippen molar-refractivity contribution < 1.29 is 8.78 Å². The average molecular weight is 301 g/mol. The highest BCUT2D eigenvalue weighted by Gasteiger charge is 2.33. The molecule has 2 fully saturated rings. The first-order valence-corrected chi connectivity index (χ1v) is 7.62. The van der Waals surface area contributed by atoms with Gasteiger partial charge in [-0.2, -0.15) is 0 Å². The van der Waals surface area contributed by atoms with Gasteiger partial charge in [-0.05, 0) is 24.5 Å². The van der Waals surface area contributed by atoms with Gasteiger partial charge in [-0.15, -0.1) is 0 Å². The molecule has 1 heterocycles. The highest BCUT2D eigenvalue weighted by Crippen LogP contribution is 2.41. The Morgan fingerprint density at radius 2 is 1.80 bits per heavy atom. The summed E-state index contributed by atoms with van der Waals surface area (Å²) in [7, 11) is 0. The third-order valence-electron chi connectivity index (χ3n) is 4.22. The molecule has 0 unspecified atom stereocenters. The van der Waals surface area contributed by atoms with E-state index in [9.17, 15) is 8.78 Å². The molecule has 1 atom stereocenters. The molecule has 1 aliphatic carbocycles. The molecule has 1 aromatic rings. The summed E-state index contributed by atoms with van der Waals surface area (Å²) in [5, 5.41) is 3.40. The number of nitrogens with zero attached hydrogens (tertiary/aromatic N) is 1. The Bertz CT molecular complexity index is 462. The van der Waals surface area contributed by atoms with Gasteiger partial charge in [0.05, 0.1) is 0 Å². The Kier molecular flexibility index (Phi) is 4.24. The molecule has 0 radical (unpaired) electrons. The monoisotopic (exact) mass is 300 g/mol. The van der Waals surface area contributed by atoms with Crippen molar-refractivity contribution in [3.05, 3.63) is 34.4 Å². The Balaban J connectivity index is 1.91. The van der Waals surface area contributed by atoms with Gasteiger partial charge in [0.2, 0.25) is 0 Å². The van der Waals surface area contributed by atoms with Crippen LogP contribution < -0.4 is 5.32 Å². The van der Waals surface area contributed by atoms with E-state index in [0.717, 1.165) is 32.6 Å². The summed E-state index contributed by atoms with van der Waals surface area (Å²) in [6.07, 6.45) is 3.20. The number of benzene rings is 1. The van der Waals surface area contributed by atoms with Gasteiger partial charge in [-0.25, -0.2) is 8.78 Å². The summed E-state index contributed by atoms with van der Waals surface area (Å²) < 4.78 is 28.4. The summed E-state index contributed by atoms with van der Waals surface area (Å²) in [6, 6.07) is 2.28. The van der Waals surface area contributed by atoms with Gasteiger partial charge < -0.3 is 5.32 Å². The molecule has 0 aromatic heterocycles. The van der Waals surface area contributed by atoms with Crippen molar-refractivity contribution in [2.75, 3.05) is 26.2 Å². The van der Waals surface area contributed by atoms with Crippen molar-refractivity contribution in [3.63, 3.8) is 0 Å². The number of nitrogens with one attached hydrogen (secondary N) is 1. The topological polar surface area (TPSA) is 15.3 Å². The molecule has 2 nitrogen and oxygen atoms in total. The summed E-state index contributed by atoms with van der Waals surface area (Å²) in [5.41, 5.74) is 0.197. The van der Waals surface area contributed by atoms with E-state index < -0.39 is 11.6 Å². The second kappa shape index (κ2) is 5.96. The van der Waals surface area contributed by atoms with E-state index in [1.54, 1.807) is 0 Å². The zero-order valence-electron chi connectivity index (χ0n) is 11.3. The van der Waals surface area contributed by atoms with Crippen molar-refractivity contribution in [1.29, 1.82) is 0 Å². The second-order valence-electron chi connectivity index (χ2n) is 5.76. The van der Waals surface area contributed by atoms with E-state index in [0.29, 0.717) is 5.92 Å². The van der Waals surface area contributed by atoms with E-state index in [4.69, 9.17) is 11.6 Å². The summed E-state index contributed by atoms with van der Waals surface area (Å²) >= 11 is 5.73. The SMILES string of the molecule is Fc1cc(Cl)cc(F)c1[C@H](CC1CC1)N1CCNCC1. The minimum atomic E-state index is -0.515. The zero-order chi connectivity index (χ0) is 14.1. The van der Waals surface area contributed by atoms with E-state index in [2.05, 4.69) is 10.2 Å². The molecule has 1 aromatic carbocycles. The number of rotatable bonds is 4. The van der Waals surface area contributed by atoms with Crippen molar-refractivity contribution in [1.82, 2.24) is 10.2 Å². The van der Waals surface area contributed by atoms with Crippen LogP contribution in [0, 0.1) is 17.6 Å². The van der Waals surface area contributed by atoms with Crippen LogP contribution in [0.4, 0.5) is 8.78 Å². The Morgan fingerprint density at radius 3 is 2.35 bits per heavy atom. The largest absolute Gasteiger partial charge is 0.314 e. The molecule has 1 N–H and O–H groups in total. The lowest BCUT2D eigenvalue weighted by Crippen LogP contribution is -2.45. The lowest BCUT2D eigenvalue weighted by molar-refractivity contribution is 0.154. The Labute approximate surface area is 123 Å². The molecule has 0 spiro atoms. The fourth-order valence-corrected chi connectivity index (χ4v) is 3.18. The molecule has 110 valence electrons. The van der Waals surface area contributed by atoms with Gasteiger partial charge >= 0.3 is 0 Å². The Morgan fingerprint density at radius 1 is 1.20 bits per heavy atom. The summed E-state index contributed by atoms with van der Waals surface area (Å²) in [5.74, 6) is -0.414. The molecular formula is C15H19ClF2N2. The zero-order valence-corrected chi connectivity index (χ0v) is 12.1. The van der Waals surface area contributed by atoms with Crippen molar-refractivity contribution in [2.45, 2.75) is 25.3 Å². The van der Waals surface area contributed by atoms with Crippen LogP contribution in [0.1, 0.15) is 30.9 Å². The maximum atomic E-state index is 14.2. The van der Waals surface area contributed by atoms with Gasteiger partial charge in [0, 0.05) is 42.8 Å². The summed E-state index contributed by atoms with van der Waals surface area (Å²) in [4.78, 5) is 2.20. The highest BCUT2D eigenvalue weighted by molar-refractivity contribution is 6.30. The number of hydrogen-bond acceptors (Lipinski definition) is 2. The maximum Gasteiger partial charge on any atom is 0.132 e. The van der Waals surface area contributed by atoms with Crippen molar-refractivity contribution in [3.8, 4) is 0 Å². The molecule has 0 bridgehead atoms. The van der Waals surface area contributed by atoms with Gasteiger partial charge in [-0.1, -0.05) is 24.4 Å². The van der Waals surface area contributed by atoms with Crippen LogP contribution in [-0.4, -0.2) is 31.1 Å². The van der Waals surface area contributed by atoms with E-state index in [1.165, 1.54) is 25.0 Å². The fourth-order valence-electron chi connectivity index (χ4n) is 2.98. The van der Waals surface area contributed by atoms with Crippen LogP contribution in [0.5, 0.6) is 0 Å². The average Bonchev–Trinajstić information content (AvgIpc) is 3.21. The first-order valence-electron chi connectivity index (χ1n) is 7.24. The number of hydrogen-bond donors (Lipinski definition) is 1. The molecule has 2 aliphatic rings. The fraction of sp³-hybridized carbons (Fsp3) is 0.600. The predicted octanol–water partition coefficient (Wildman–Crippen LogP) is 3.36. The van der Waals surface area contributed by atoms with Gasteiger partial charge in [0.1, 0.15) is 11.6 Å². The second-order valence-corrected chi connectivity index (χ2v) is 6.20. The van der Waals surface area contributed by atoms with Gasteiger partial charge in [0.25, 0.3) is 0 Å². The normalized spacial score (nSPS) is 21.9. The van der Waals surface area contributed by atoms with E-state index in [1.807, 2.05) is 0 Å². The van der Waals surface area contributed by atoms with Gasteiger partial charge in [0.15, 0.2) is 0 Å². The lowest BCUT2D eigenvalue weighted by Gasteiger charge is -2.35. The molecule has 1 saturated carbocycles. The number of halogens is 3. The van der Waals surface area contributed by atoms with E-state index in [-0.39, 0.29) is 16.6 Å². The predicted molar refractivity (Wildman–Crippen MR) is 75.9 cm³/mol. The highest BCUT2D eigenvalue weighted by atomic mass is 35.5. The van der Waals surface area contributed by atoms with Crippen LogP contribution in [0.3, 0.4) is 0 Å². The maximum absolute atomic E-state index is 14.2.